The third-order valence-corrected chi connectivity index (χ3v) is 5.86. The maximum absolute atomic E-state index is 12.3. The average molecular weight is 401 g/mol. The molecular weight excluding hydrogens is 382 g/mol. The molecule has 2 heterocycles. The van der Waals surface area contributed by atoms with Crippen LogP contribution in [0.1, 0.15) is 40.8 Å². The normalized spacial score (nSPS) is 14.1. The highest BCUT2D eigenvalue weighted by atomic mass is 32.2. The minimum Gasteiger partial charge on any atom is -0.468 e. The van der Waals surface area contributed by atoms with Crippen molar-refractivity contribution in [2.75, 3.05) is 0 Å². The minimum absolute atomic E-state index is 0.0548. The molecule has 0 bridgehead atoms. The lowest BCUT2D eigenvalue weighted by Crippen LogP contribution is -2.25. The van der Waals surface area contributed by atoms with Gasteiger partial charge in [0.25, 0.3) is 5.91 Å². The first-order valence-corrected chi connectivity index (χ1v) is 10.3. The van der Waals surface area contributed by atoms with E-state index in [1.165, 1.54) is 30.5 Å². The summed E-state index contributed by atoms with van der Waals surface area (Å²) in [4.78, 5) is 12.4. The first-order valence-electron chi connectivity index (χ1n) is 8.81. The number of rotatable bonds is 8. The molecular formula is C18H19N5O4S. The van der Waals surface area contributed by atoms with Crippen molar-refractivity contribution in [2.24, 2.45) is 0 Å². The number of furan rings is 1. The minimum atomic E-state index is -3.70. The summed E-state index contributed by atoms with van der Waals surface area (Å²) >= 11 is 0. The Morgan fingerprint density at radius 1 is 1.18 bits per heavy atom. The standard InChI is InChI=1S/C18H19N5O4S/c24-18(19-11-17-22-20-12-23(17)14-5-6-14)13-3-7-16(8-4-13)28(25,26)21-10-15-2-1-9-27-15/h1-4,7-9,12,14,21H,5-6,10-11H2,(H,19,24). The number of benzene rings is 1. The summed E-state index contributed by atoms with van der Waals surface area (Å²) in [6, 6.07) is 9.53. The van der Waals surface area contributed by atoms with E-state index in [4.69, 9.17) is 4.42 Å². The number of nitrogens with one attached hydrogen (secondary N) is 2. The van der Waals surface area contributed by atoms with Gasteiger partial charge < -0.3 is 14.3 Å². The topological polar surface area (TPSA) is 119 Å². The van der Waals surface area contributed by atoms with E-state index in [1.54, 1.807) is 18.5 Å². The lowest BCUT2D eigenvalue weighted by Gasteiger charge is -2.08. The van der Waals surface area contributed by atoms with Crippen LogP contribution >= 0.6 is 0 Å². The number of carbonyl (C=O) groups is 1. The molecule has 0 spiro atoms. The number of aromatic nitrogens is 3. The quantitative estimate of drug-likeness (QED) is 0.592. The van der Waals surface area contributed by atoms with E-state index in [9.17, 15) is 13.2 Å². The van der Waals surface area contributed by atoms with Crippen LogP contribution in [0, 0.1) is 0 Å². The van der Waals surface area contributed by atoms with Crippen LogP contribution in [-0.4, -0.2) is 29.1 Å². The molecule has 2 aromatic heterocycles. The van der Waals surface area contributed by atoms with Crippen molar-refractivity contribution in [3.8, 4) is 0 Å². The van der Waals surface area contributed by atoms with Crippen molar-refractivity contribution in [1.82, 2.24) is 24.8 Å². The van der Waals surface area contributed by atoms with Gasteiger partial charge in [0.15, 0.2) is 5.82 Å². The molecule has 28 heavy (non-hydrogen) atoms. The molecule has 3 aromatic rings. The molecule has 0 saturated heterocycles. The Morgan fingerprint density at radius 3 is 2.64 bits per heavy atom. The maximum atomic E-state index is 12.3. The second kappa shape index (κ2) is 7.56. The zero-order valence-corrected chi connectivity index (χ0v) is 15.7. The van der Waals surface area contributed by atoms with E-state index in [0.29, 0.717) is 23.2 Å². The average Bonchev–Trinajstić information content (AvgIpc) is 3.20. The van der Waals surface area contributed by atoms with Gasteiger partial charge in [-0.3, -0.25) is 4.79 Å². The predicted octanol–water partition coefficient (Wildman–Crippen LogP) is 1.61. The summed E-state index contributed by atoms with van der Waals surface area (Å²) in [5.74, 6) is 0.911. The van der Waals surface area contributed by atoms with E-state index in [-0.39, 0.29) is 23.9 Å². The van der Waals surface area contributed by atoms with Gasteiger partial charge in [0, 0.05) is 11.6 Å². The van der Waals surface area contributed by atoms with Gasteiger partial charge in [-0.25, -0.2) is 13.1 Å². The smallest absolute Gasteiger partial charge is 0.251 e. The Kier molecular flexibility index (Phi) is 4.97. The van der Waals surface area contributed by atoms with Gasteiger partial charge in [0.2, 0.25) is 10.0 Å². The van der Waals surface area contributed by atoms with Crippen molar-refractivity contribution in [3.63, 3.8) is 0 Å². The molecule has 1 aliphatic rings. The van der Waals surface area contributed by atoms with Crippen LogP contribution in [0.25, 0.3) is 0 Å². The van der Waals surface area contributed by atoms with Crippen molar-refractivity contribution < 1.29 is 17.6 Å². The summed E-state index contributed by atoms with van der Waals surface area (Å²) in [6.45, 7) is 0.319. The van der Waals surface area contributed by atoms with Crippen molar-refractivity contribution in [3.05, 3.63) is 66.1 Å². The number of carbonyl (C=O) groups excluding carboxylic acids is 1. The predicted molar refractivity (Wildman–Crippen MR) is 98.6 cm³/mol. The number of hydrogen-bond acceptors (Lipinski definition) is 6. The summed E-state index contributed by atoms with van der Waals surface area (Å²) in [5.41, 5.74) is 0.363. The van der Waals surface area contributed by atoms with Gasteiger partial charge in [-0.1, -0.05) is 0 Å². The van der Waals surface area contributed by atoms with E-state index in [1.807, 2.05) is 4.57 Å². The van der Waals surface area contributed by atoms with Gasteiger partial charge in [-0.15, -0.1) is 10.2 Å². The van der Waals surface area contributed by atoms with Crippen LogP contribution < -0.4 is 10.0 Å². The first-order chi connectivity index (χ1) is 13.5. The lowest BCUT2D eigenvalue weighted by atomic mass is 10.2. The largest absolute Gasteiger partial charge is 0.468 e. The number of amides is 1. The van der Waals surface area contributed by atoms with Gasteiger partial charge in [0.1, 0.15) is 12.1 Å². The van der Waals surface area contributed by atoms with Crippen LogP contribution in [0.15, 0.2) is 58.3 Å². The fourth-order valence-electron chi connectivity index (χ4n) is 2.76. The number of sulfonamides is 1. The first kappa shape index (κ1) is 18.4. The third-order valence-electron chi connectivity index (χ3n) is 4.44. The van der Waals surface area contributed by atoms with Crippen molar-refractivity contribution in [2.45, 2.75) is 36.9 Å². The van der Waals surface area contributed by atoms with Crippen LogP contribution in [0.2, 0.25) is 0 Å². The fraction of sp³-hybridized carbons (Fsp3) is 0.278. The summed E-state index contributed by atoms with van der Waals surface area (Å²) in [6.07, 6.45) is 5.35. The molecule has 1 amide bonds. The van der Waals surface area contributed by atoms with E-state index in [0.717, 1.165) is 12.8 Å². The summed E-state index contributed by atoms with van der Waals surface area (Å²) < 4.78 is 34.2. The molecule has 0 aliphatic heterocycles. The Bertz CT molecular complexity index is 1050. The number of nitrogens with zero attached hydrogens (tertiary/aromatic N) is 3. The highest BCUT2D eigenvalue weighted by Crippen LogP contribution is 2.35. The van der Waals surface area contributed by atoms with Crippen molar-refractivity contribution in [1.29, 1.82) is 0 Å². The van der Waals surface area contributed by atoms with Crippen molar-refractivity contribution >= 4 is 15.9 Å². The molecule has 1 fully saturated rings. The van der Waals surface area contributed by atoms with Gasteiger partial charge in [-0.05, 0) is 49.2 Å². The molecule has 146 valence electrons. The zero-order valence-electron chi connectivity index (χ0n) is 14.9. The zero-order chi connectivity index (χ0) is 19.6. The van der Waals surface area contributed by atoms with E-state index >= 15 is 0 Å². The van der Waals surface area contributed by atoms with E-state index in [2.05, 4.69) is 20.2 Å². The van der Waals surface area contributed by atoms with Gasteiger partial charge >= 0.3 is 0 Å². The molecule has 0 radical (unpaired) electrons. The fourth-order valence-corrected chi connectivity index (χ4v) is 3.75. The lowest BCUT2D eigenvalue weighted by molar-refractivity contribution is 0.0949. The second-order valence-corrected chi connectivity index (χ2v) is 8.26. The molecule has 0 unspecified atom stereocenters. The Hall–Kier alpha value is -2.98. The SMILES string of the molecule is O=C(NCc1nncn1C1CC1)c1ccc(S(=O)(=O)NCc2ccco2)cc1. The Morgan fingerprint density at radius 2 is 1.96 bits per heavy atom. The molecule has 0 atom stereocenters. The third kappa shape index (κ3) is 4.12. The molecule has 1 aliphatic carbocycles. The molecule has 1 saturated carbocycles. The van der Waals surface area contributed by atoms with Crippen LogP contribution in [0.5, 0.6) is 0 Å². The molecule has 1 aromatic carbocycles. The monoisotopic (exact) mass is 401 g/mol. The Labute approximate surface area is 161 Å². The van der Waals surface area contributed by atoms with Crippen LogP contribution in [0.3, 0.4) is 0 Å². The van der Waals surface area contributed by atoms with Crippen LogP contribution in [0.4, 0.5) is 0 Å². The highest BCUT2D eigenvalue weighted by Gasteiger charge is 2.26. The highest BCUT2D eigenvalue weighted by molar-refractivity contribution is 7.89. The van der Waals surface area contributed by atoms with Gasteiger partial charge in [0.05, 0.1) is 24.2 Å². The summed E-state index contributed by atoms with van der Waals surface area (Å²) in [7, 11) is -3.70. The van der Waals surface area contributed by atoms with Gasteiger partial charge in [-0.2, -0.15) is 0 Å². The molecule has 4 rings (SSSR count). The second-order valence-electron chi connectivity index (χ2n) is 6.50. The van der Waals surface area contributed by atoms with Crippen LogP contribution in [-0.2, 0) is 23.1 Å². The Balaban J connectivity index is 1.36. The molecule has 10 heteroatoms. The maximum Gasteiger partial charge on any atom is 0.251 e. The molecule has 9 nitrogen and oxygen atoms in total. The molecule has 2 N–H and O–H groups in total. The number of hydrogen-bond donors (Lipinski definition) is 2. The van der Waals surface area contributed by atoms with E-state index < -0.39 is 10.0 Å². The summed E-state index contributed by atoms with van der Waals surface area (Å²) in [5, 5.41) is 10.7.